The van der Waals surface area contributed by atoms with Crippen molar-refractivity contribution in [2.75, 3.05) is 0 Å². The number of aromatic nitrogens is 4. The number of H-pyrrole nitrogens is 1. The van der Waals surface area contributed by atoms with Crippen LogP contribution in [0.5, 0.6) is 0 Å². The van der Waals surface area contributed by atoms with Crippen molar-refractivity contribution in [2.24, 2.45) is 0 Å². The summed E-state index contributed by atoms with van der Waals surface area (Å²) >= 11 is 10.6. The Morgan fingerprint density at radius 2 is 2.06 bits per heavy atom. The third-order valence-electron chi connectivity index (χ3n) is 2.24. The van der Waals surface area contributed by atoms with E-state index in [1.165, 1.54) is 11.8 Å². The summed E-state index contributed by atoms with van der Waals surface area (Å²) in [6.07, 6.45) is 1.63. The minimum absolute atomic E-state index is 0.219. The van der Waals surface area contributed by atoms with Gasteiger partial charge >= 0.3 is 0 Å². The fourth-order valence-electron chi connectivity index (χ4n) is 1.47. The van der Waals surface area contributed by atoms with Crippen molar-refractivity contribution in [1.82, 2.24) is 19.9 Å². The molecule has 0 fully saturated rings. The van der Waals surface area contributed by atoms with E-state index in [4.69, 9.17) is 11.6 Å². The molecule has 0 unspecified atom stereocenters. The van der Waals surface area contributed by atoms with Gasteiger partial charge in [-0.05, 0) is 51.4 Å². The van der Waals surface area contributed by atoms with Gasteiger partial charge in [-0.25, -0.2) is 15.0 Å². The van der Waals surface area contributed by atoms with Gasteiger partial charge in [0.15, 0.2) is 5.16 Å². The summed E-state index contributed by atoms with van der Waals surface area (Å²) in [5.41, 5.74) is 1.92. The molecule has 3 aromatic rings. The van der Waals surface area contributed by atoms with Crippen LogP contribution in [0.1, 0.15) is 0 Å². The molecule has 0 atom stereocenters. The lowest BCUT2D eigenvalue weighted by Crippen LogP contribution is -1.87. The van der Waals surface area contributed by atoms with Crippen LogP contribution in [-0.4, -0.2) is 19.9 Å². The van der Waals surface area contributed by atoms with Gasteiger partial charge in [-0.15, -0.1) is 0 Å². The number of nitrogens with one attached hydrogen (secondary N) is 1. The van der Waals surface area contributed by atoms with Crippen molar-refractivity contribution in [3.05, 3.63) is 40.2 Å². The molecule has 90 valence electrons. The van der Waals surface area contributed by atoms with Crippen LogP contribution in [0.15, 0.2) is 45.1 Å². The summed E-state index contributed by atoms with van der Waals surface area (Å²) in [6, 6.07) is 7.85. The number of aromatic amines is 1. The molecule has 18 heavy (non-hydrogen) atoms. The first-order chi connectivity index (χ1) is 8.72. The highest BCUT2D eigenvalue weighted by Crippen LogP contribution is 2.31. The van der Waals surface area contributed by atoms with Gasteiger partial charge in [-0.2, -0.15) is 0 Å². The van der Waals surface area contributed by atoms with Gasteiger partial charge in [0, 0.05) is 6.20 Å². The van der Waals surface area contributed by atoms with E-state index < -0.39 is 0 Å². The first-order valence-electron chi connectivity index (χ1n) is 5.03. The molecule has 0 aliphatic heterocycles. The van der Waals surface area contributed by atoms with Crippen LogP contribution >= 0.6 is 39.3 Å². The van der Waals surface area contributed by atoms with Crippen LogP contribution in [0.2, 0.25) is 5.28 Å². The van der Waals surface area contributed by atoms with E-state index in [-0.39, 0.29) is 5.28 Å². The molecule has 0 bridgehead atoms. The Bertz CT molecular complexity index is 682. The van der Waals surface area contributed by atoms with E-state index in [0.29, 0.717) is 0 Å². The summed E-state index contributed by atoms with van der Waals surface area (Å²) in [7, 11) is 0. The molecule has 0 aliphatic carbocycles. The SMILES string of the molecule is Clc1ncc(Br)c(Sc2nc3ccccc3[nH]2)n1. The van der Waals surface area contributed by atoms with Gasteiger partial charge < -0.3 is 4.98 Å². The van der Waals surface area contributed by atoms with Gasteiger partial charge in [0.1, 0.15) is 5.03 Å². The largest absolute Gasteiger partial charge is 0.333 e. The van der Waals surface area contributed by atoms with E-state index in [1.54, 1.807) is 6.20 Å². The van der Waals surface area contributed by atoms with E-state index in [9.17, 15) is 0 Å². The van der Waals surface area contributed by atoms with Crippen molar-refractivity contribution < 1.29 is 0 Å². The fraction of sp³-hybridized carbons (Fsp3) is 0. The normalized spacial score (nSPS) is 11.0. The molecule has 1 aromatic carbocycles. The van der Waals surface area contributed by atoms with E-state index in [0.717, 1.165) is 25.7 Å². The summed E-state index contributed by atoms with van der Waals surface area (Å²) < 4.78 is 0.789. The Balaban J connectivity index is 1.98. The standard InChI is InChI=1S/C11H6BrClN4S/c12-6-5-14-10(13)17-9(6)18-11-15-7-3-1-2-4-8(7)16-11/h1-5H,(H,15,16). The molecule has 1 N–H and O–H groups in total. The van der Waals surface area contributed by atoms with Crippen LogP contribution < -0.4 is 0 Å². The average molecular weight is 342 g/mol. The fourth-order valence-corrected chi connectivity index (χ4v) is 2.86. The quantitative estimate of drug-likeness (QED) is 0.567. The predicted molar refractivity (Wildman–Crippen MR) is 75.0 cm³/mol. The number of para-hydroxylation sites is 2. The second-order valence-electron chi connectivity index (χ2n) is 3.45. The third kappa shape index (κ3) is 2.36. The zero-order chi connectivity index (χ0) is 12.5. The highest BCUT2D eigenvalue weighted by atomic mass is 79.9. The smallest absolute Gasteiger partial charge is 0.223 e. The molecule has 7 heteroatoms. The van der Waals surface area contributed by atoms with E-state index in [1.807, 2.05) is 24.3 Å². The first-order valence-corrected chi connectivity index (χ1v) is 7.02. The van der Waals surface area contributed by atoms with Gasteiger partial charge in [0.25, 0.3) is 0 Å². The molecule has 4 nitrogen and oxygen atoms in total. The Kier molecular flexibility index (Phi) is 3.23. The van der Waals surface area contributed by atoms with Gasteiger partial charge in [-0.1, -0.05) is 12.1 Å². The van der Waals surface area contributed by atoms with Gasteiger partial charge in [0.2, 0.25) is 5.28 Å². The summed E-state index contributed by atoms with van der Waals surface area (Å²) in [5, 5.41) is 1.72. The zero-order valence-corrected chi connectivity index (χ0v) is 12.1. The first kappa shape index (κ1) is 12.0. The van der Waals surface area contributed by atoms with Crippen molar-refractivity contribution in [1.29, 1.82) is 0 Å². The Morgan fingerprint density at radius 1 is 1.22 bits per heavy atom. The number of fused-ring (bicyclic) bond motifs is 1. The zero-order valence-electron chi connectivity index (χ0n) is 8.89. The molecule has 0 spiro atoms. The molecular formula is C11H6BrClN4S. The third-order valence-corrected chi connectivity index (χ3v) is 4.16. The minimum atomic E-state index is 0.219. The second kappa shape index (κ2) is 4.87. The molecule has 0 radical (unpaired) electrons. The molecular weight excluding hydrogens is 336 g/mol. The van der Waals surface area contributed by atoms with Crippen LogP contribution in [0.25, 0.3) is 11.0 Å². The van der Waals surface area contributed by atoms with Crippen molar-refractivity contribution in [3.8, 4) is 0 Å². The number of hydrogen-bond donors (Lipinski definition) is 1. The lowest BCUT2D eigenvalue weighted by Gasteiger charge is -1.99. The number of imidazole rings is 1. The number of hydrogen-bond acceptors (Lipinski definition) is 4. The maximum atomic E-state index is 5.77. The molecule has 0 amide bonds. The second-order valence-corrected chi connectivity index (χ2v) is 5.62. The maximum Gasteiger partial charge on any atom is 0.223 e. The van der Waals surface area contributed by atoms with E-state index in [2.05, 4.69) is 35.9 Å². The molecule has 2 aromatic heterocycles. The summed E-state index contributed by atoms with van der Waals surface area (Å²) in [5.74, 6) is 0. The van der Waals surface area contributed by atoms with Crippen LogP contribution in [0.3, 0.4) is 0 Å². The number of nitrogens with zero attached hydrogens (tertiary/aromatic N) is 3. The van der Waals surface area contributed by atoms with Crippen molar-refractivity contribution in [3.63, 3.8) is 0 Å². The Labute approximate surface area is 120 Å². The average Bonchev–Trinajstić information content (AvgIpc) is 2.76. The molecule has 2 heterocycles. The van der Waals surface area contributed by atoms with Crippen LogP contribution in [0, 0.1) is 0 Å². The molecule has 0 saturated carbocycles. The van der Waals surface area contributed by atoms with Crippen molar-refractivity contribution in [2.45, 2.75) is 10.2 Å². The number of rotatable bonds is 2. The Morgan fingerprint density at radius 3 is 2.89 bits per heavy atom. The maximum absolute atomic E-state index is 5.77. The lowest BCUT2D eigenvalue weighted by molar-refractivity contribution is 1.01. The Hall–Kier alpha value is -1.11. The summed E-state index contributed by atoms with van der Waals surface area (Å²) in [6.45, 7) is 0. The van der Waals surface area contributed by atoms with Crippen molar-refractivity contribution >= 4 is 50.3 Å². The predicted octanol–water partition coefficient (Wildman–Crippen LogP) is 3.92. The topological polar surface area (TPSA) is 54.5 Å². The lowest BCUT2D eigenvalue weighted by atomic mass is 10.3. The van der Waals surface area contributed by atoms with Crippen LogP contribution in [0.4, 0.5) is 0 Å². The minimum Gasteiger partial charge on any atom is -0.333 e. The number of halogens is 2. The summed E-state index contributed by atoms with van der Waals surface area (Å²) in [4.78, 5) is 15.7. The van der Waals surface area contributed by atoms with Crippen LogP contribution in [-0.2, 0) is 0 Å². The van der Waals surface area contributed by atoms with Gasteiger partial charge in [0.05, 0.1) is 15.5 Å². The number of benzene rings is 1. The highest BCUT2D eigenvalue weighted by molar-refractivity contribution is 9.10. The monoisotopic (exact) mass is 340 g/mol. The molecule has 0 aliphatic rings. The van der Waals surface area contributed by atoms with Gasteiger partial charge in [-0.3, -0.25) is 0 Å². The highest BCUT2D eigenvalue weighted by Gasteiger charge is 2.09. The molecule has 0 saturated heterocycles. The molecule has 3 rings (SSSR count). The van der Waals surface area contributed by atoms with E-state index >= 15 is 0 Å².